The minimum atomic E-state index is 0.540. The van der Waals surface area contributed by atoms with Crippen LogP contribution < -0.4 is 4.74 Å². The highest BCUT2D eigenvalue weighted by Gasteiger charge is 2.18. The van der Waals surface area contributed by atoms with Crippen LogP contribution in [0.1, 0.15) is 5.56 Å². The smallest absolute Gasteiger partial charge is 0.261 e. The standard InChI is InChI=1S/C15H9Cl2NOS/c16-9-14-12-3-1-2-4-13(12)18-15(20-14)19-11-7-5-10(17)6-8-11/h1-9H/b14-9-. The lowest BCUT2D eigenvalue weighted by Crippen LogP contribution is -2.07. The second-order valence-corrected chi connectivity index (χ2v) is 5.67. The molecule has 0 spiro atoms. The molecular weight excluding hydrogens is 313 g/mol. The Bertz CT molecular complexity index is 695. The van der Waals surface area contributed by atoms with Crippen molar-refractivity contribution in [1.82, 2.24) is 0 Å². The lowest BCUT2D eigenvalue weighted by Gasteiger charge is -2.17. The first-order valence-electron chi connectivity index (χ1n) is 5.86. The topological polar surface area (TPSA) is 21.6 Å². The predicted octanol–water partition coefficient (Wildman–Crippen LogP) is 5.69. The highest BCUT2D eigenvalue weighted by molar-refractivity contribution is 8.21. The average Bonchev–Trinajstić information content (AvgIpc) is 2.49. The van der Waals surface area contributed by atoms with Crippen molar-refractivity contribution in [3.63, 3.8) is 0 Å². The number of rotatable bonds is 1. The fraction of sp³-hybridized carbons (Fsp3) is 0. The summed E-state index contributed by atoms with van der Waals surface area (Å²) < 4.78 is 5.75. The number of hydrogen-bond donors (Lipinski definition) is 0. The summed E-state index contributed by atoms with van der Waals surface area (Å²) in [6.45, 7) is 0. The van der Waals surface area contributed by atoms with Gasteiger partial charge < -0.3 is 4.74 Å². The molecule has 0 bridgehead atoms. The van der Waals surface area contributed by atoms with Crippen molar-refractivity contribution in [2.24, 2.45) is 4.99 Å². The third-order valence-electron chi connectivity index (χ3n) is 2.70. The highest BCUT2D eigenvalue weighted by Crippen LogP contribution is 2.40. The second kappa shape index (κ2) is 5.92. The first-order valence-corrected chi connectivity index (χ1v) is 7.49. The molecule has 100 valence electrons. The van der Waals surface area contributed by atoms with Crippen LogP contribution in [0.15, 0.2) is 59.1 Å². The van der Waals surface area contributed by atoms with E-state index in [-0.39, 0.29) is 0 Å². The van der Waals surface area contributed by atoms with Gasteiger partial charge in [0, 0.05) is 21.0 Å². The van der Waals surface area contributed by atoms with Crippen molar-refractivity contribution in [3.8, 4) is 5.75 Å². The van der Waals surface area contributed by atoms with Crippen molar-refractivity contribution in [2.45, 2.75) is 0 Å². The molecule has 0 aromatic heterocycles. The van der Waals surface area contributed by atoms with Crippen molar-refractivity contribution >= 4 is 50.8 Å². The van der Waals surface area contributed by atoms with Gasteiger partial charge in [0.2, 0.25) is 0 Å². The number of halogens is 2. The van der Waals surface area contributed by atoms with E-state index >= 15 is 0 Å². The Balaban J connectivity index is 1.92. The van der Waals surface area contributed by atoms with Crippen molar-refractivity contribution < 1.29 is 4.74 Å². The number of aliphatic imine (C=N–C) groups is 1. The molecular formula is C15H9Cl2NOS. The van der Waals surface area contributed by atoms with Crippen LogP contribution in [0.3, 0.4) is 0 Å². The molecule has 0 atom stereocenters. The van der Waals surface area contributed by atoms with Crippen LogP contribution in [-0.2, 0) is 0 Å². The monoisotopic (exact) mass is 321 g/mol. The van der Waals surface area contributed by atoms with Gasteiger partial charge in [0.25, 0.3) is 5.23 Å². The van der Waals surface area contributed by atoms with Gasteiger partial charge in [0.1, 0.15) is 5.75 Å². The average molecular weight is 322 g/mol. The van der Waals surface area contributed by atoms with Gasteiger partial charge in [-0.3, -0.25) is 0 Å². The van der Waals surface area contributed by atoms with E-state index in [9.17, 15) is 0 Å². The normalized spacial score (nSPS) is 15.7. The first kappa shape index (κ1) is 13.6. The zero-order valence-electron chi connectivity index (χ0n) is 10.2. The molecule has 0 amide bonds. The van der Waals surface area contributed by atoms with Gasteiger partial charge >= 0.3 is 0 Å². The van der Waals surface area contributed by atoms with E-state index in [1.54, 1.807) is 29.8 Å². The quantitative estimate of drug-likeness (QED) is 0.672. The van der Waals surface area contributed by atoms with E-state index in [0.717, 1.165) is 16.2 Å². The maximum absolute atomic E-state index is 5.89. The molecule has 20 heavy (non-hydrogen) atoms. The molecule has 1 aliphatic heterocycles. The van der Waals surface area contributed by atoms with Crippen LogP contribution in [0.5, 0.6) is 5.75 Å². The van der Waals surface area contributed by atoms with E-state index in [2.05, 4.69) is 4.99 Å². The molecule has 0 unspecified atom stereocenters. The van der Waals surface area contributed by atoms with Crippen LogP contribution in [0.2, 0.25) is 5.02 Å². The number of hydrogen-bond acceptors (Lipinski definition) is 3. The summed E-state index contributed by atoms with van der Waals surface area (Å²) in [4.78, 5) is 5.40. The molecule has 3 rings (SSSR count). The van der Waals surface area contributed by atoms with E-state index in [0.29, 0.717) is 16.0 Å². The van der Waals surface area contributed by atoms with Crippen LogP contribution in [0, 0.1) is 0 Å². The van der Waals surface area contributed by atoms with Gasteiger partial charge in [0.15, 0.2) is 0 Å². The van der Waals surface area contributed by atoms with Crippen LogP contribution in [-0.4, -0.2) is 5.23 Å². The Labute approximate surface area is 131 Å². The Morgan fingerprint density at radius 2 is 1.80 bits per heavy atom. The van der Waals surface area contributed by atoms with Crippen molar-refractivity contribution in [3.05, 3.63) is 64.7 Å². The summed E-state index contributed by atoms with van der Waals surface area (Å²) >= 11 is 13.1. The number of thioether (sulfide) groups is 1. The van der Waals surface area contributed by atoms with Gasteiger partial charge in [0.05, 0.1) is 5.69 Å². The van der Waals surface area contributed by atoms with Gasteiger partial charge in [-0.25, -0.2) is 4.99 Å². The third-order valence-corrected chi connectivity index (χ3v) is 4.20. The van der Waals surface area contributed by atoms with Crippen molar-refractivity contribution in [1.29, 1.82) is 0 Å². The summed E-state index contributed by atoms with van der Waals surface area (Å²) in [6.07, 6.45) is 0. The first-order chi connectivity index (χ1) is 9.76. The van der Waals surface area contributed by atoms with E-state index in [1.807, 2.05) is 24.3 Å². The summed E-state index contributed by atoms with van der Waals surface area (Å²) in [6, 6.07) is 15.0. The fourth-order valence-electron chi connectivity index (χ4n) is 1.78. The molecule has 2 aromatic carbocycles. The largest absolute Gasteiger partial charge is 0.433 e. The lowest BCUT2D eigenvalue weighted by molar-refractivity contribution is 0.567. The number of ether oxygens (including phenoxy) is 1. The Morgan fingerprint density at radius 3 is 2.55 bits per heavy atom. The van der Waals surface area contributed by atoms with Gasteiger partial charge in [-0.15, -0.1) is 0 Å². The molecule has 2 nitrogen and oxygen atoms in total. The van der Waals surface area contributed by atoms with Crippen LogP contribution >= 0.6 is 35.0 Å². The SMILES string of the molecule is Cl/C=C1\SC(Oc2ccc(Cl)cc2)=Nc2ccccc21. The number of nitrogens with zero attached hydrogens (tertiary/aromatic N) is 1. The molecule has 0 saturated heterocycles. The predicted molar refractivity (Wildman–Crippen MR) is 87.0 cm³/mol. The van der Waals surface area contributed by atoms with Gasteiger partial charge in [-0.2, -0.15) is 0 Å². The van der Waals surface area contributed by atoms with Gasteiger partial charge in [-0.05, 0) is 42.1 Å². The maximum Gasteiger partial charge on any atom is 0.261 e. The fourth-order valence-corrected chi connectivity index (χ4v) is 2.95. The maximum atomic E-state index is 5.89. The summed E-state index contributed by atoms with van der Waals surface area (Å²) in [7, 11) is 0. The molecule has 1 heterocycles. The molecule has 0 N–H and O–H groups in total. The highest BCUT2D eigenvalue weighted by atomic mass is 35.5. The Hall–Kier alpha value is -1.42. The summed E-state index contributed by atoms with van der Waals surface area (Å²) in [5.41, 5.74) is 3.40. The minimum absolute atomic E-state index is 0.540. The zero-order chi connectivity index (χ0) is 13.9. The molecule has 0 radical (unpaired) electrons. The van der Waals surface area contributed by atoms with Crippen LogP contribution in [0.25, 0.3) is 4.91 Å². The van der Waals surface area contributed by atoms with E-state index in [1.165, 1.54) is 11.8 Å². The Kier molecular flexibility index (Phi) is 4.01. The number of para-hydroxylation sites is 1. The third kappa shape index (κ3) is 2.85. The van der Waals surface area contributed by atoms with Gasteiger partial charge in [-0.1, -0.05) is 41.4 Å². The molecule has 2 aromatic rings. The summed E-state index contributed by atoms with van der Waals surface area (Å²) in [5, 5.41) is 1.21. The van der Waals surface area contributed by atoms with E-state index < -0.39 is 0 Å². The number of benzene rings is 2. The summed E-state index contributed by atoms with van der Waals surface area (Å²) in [5.74, 6) is 0.689. The molecule has 5 heteroatoms. The van der Waals surface area contributed by atoms with Crippen molar-refractivity contribution in [2.75, 3.05) is 0 Å². The molecule has 0 fully saturated rings. The lowest BCUT2D eigenvalue weighted by atomic mass is 10.2. The van der Waals surface area contributed by atoms with E-state index in [4.69, 9.17) is 27.9 Å². The number of fused-ring (bicyclic) bond motifs is 1. The second-order valence-electron chi connectivity index (χ2n) is 4.03. The molecule has 1 aliphatic rings. The molecule has 0 saturated carbocycles. The van der Waals surface area contributed by atoms with Crippen LogP contribution in [0.4, 0.5) is 5.69 Å². The minimum Gasteiger partial charge on any atom is -0.433 e. The molecule has 0 aliphatic carbocycles. The zero-order valence-corrected chi connectivity index (χ0v) is 12.5. The Morgan fingerprint density at radius 1 is 1.05 bits per heavy atom.